The van der Waals surface area contributed by atoms with Crippen LogP contribution in [0.4, 0.5) is 5.69 Å². The minimum atomic E-state index is -3.53. The van der Waals surface area contributed by atoms with Crippen molar-refractivity contribution in [2.75, 3.05) is 38.1 Å². The van der Waals surface area contributed by atoms with Crippen LogP contribution in [-0.4, -0.2) is 55.5 Å². The number of aryl methyl sites for hydroxylation is 2. The second kappa shape index (κ2) is 9.11. The van der Waals surface area contributed by atoms with Crippen molar-refractivity contribution in [3.8, 4) is 5.75 Å². The van der Waals surface area contributed by atoms with E-state index in [2.05, 4.69) is 23.5 Å². The molecule has 0 aromatic heterocycles. The Morgan fingerprint density at radius 3 is 2.34 bits per heavy atom. The number of sulfonamides is 1. The predicted octanol–water partition coefficient (Wildman–Crippen LogP) is 3.41. The lowest BCUT2D eigenvalue weighted by molar-refractivity contribution is 0.268. The van der Waals surface area contributed by atoms with Gasteiger partial charge in [0.1, 0.15) is 5.75 Å². The number of anilines is 1. The number of hydrogen-bond donors (Lipinski definition) is 1. The molecule has 0 spiro atoms. The summed E-state index contributed by atoms with van der Waals surface area (Å²) in [7, 11) is -3.53. The molecule has 2 aromatic carbocycles. The normalized spacial score (nSPS) is 15.2. The van der Waals surface area contributed by atoms with E-state index in [0.717, 1.165) is 16.8 Å². The Hall–Kier alpha value is -2.16. The van der Waals surface area contributed by atoms with Crippen molar-refractivity contribution in [1.82, 2.24) is 9.21 Å². The van der Waals surface area contributed by atoms with Crippen molar-refractivity contribution in [2.24, 2.45) is 0 Å². The van der Waals surface area contributed by atoms with Gasteiger partial charge in [-0.15, -0.1) is 0 Å². The van der Waals surface area contributed by atoms with Crippen molar-refractivity contribution in [3.63, 3.8) is 0 Å². The second-order valence-electron chi connectivity index (χ2n) is 7.04. The summed E-state index contributed by atoms with van der Waals surface area (Å²) < 4.78 is 32.7. The summed E-state index contributed by atoms with van der Waals surface area (Å²) in [5.74, 6) is 0.666. The maximum atomic E-state index is 12.9. The molecule has 0 atom stereocenters. The molecule has 0 unspecified atom stereocenters. The SMILES string of the molecule is CCOc1ccc(S(=O)(=O)N2CCN(C(=S)Nc3cc(C)ccc3C)CC2)cc1. The highest BCUT2D eigenvalue weighted by molar-refractivity contribution is 7.89. The fourth-order valence-corrected chi connectivity index (χ4v) is 4.93. The average Bonchev–Trinajstić information content (AvgIpc) is 2.71. The molecular formula is C21H27N3O3S2. The standard InChI is InChI=1S/C21H27N3O3S2/c1-4-27-18-7-9-19(10-8-18)29(25,26)24-13-11-23(12-14-24)21(28)22-20-15-16(2)5-6-17(20)3/h5-10,15H,4,11-14H2,1-3H3,(H,22,28). The van der Waals surface area contributed by atoms with Gasteiger partial charge in [-0.05, 0) is 74.4 Å². The zero-order valence-corrected chi connectivity index (χ0v) is 18.6. The van der Waals surface area contributed by atoms with Gasteiger partial charge in [-0.25, -0.2) is 8.42 Å². The third-order valence-electron chi connectivity index (χ3n) is 4.93. The summed E-state index contributed by atoms with van der Waals surface area (Å²) in [6.07, 6.45) is 0. The van der Waals surface area contributed by atoms with E-state index in [9.17, 15) is 8.42 Å². The smallest absolute Gasteiger partial charge is 0.243 e. The summed E-state index contributed by atoms with van der Waals surface area (Å²) in [6.45, 7) is 8.39. The number of benzene rings is 2. The van der Waals surface area contributed by atoms with Crippen LogP contribution in [0.15, 0.2) is 47.4 Å². The number of piperazine rings is 1. The molecule has 8 heteroatoms. The Morgan fingerprint density at radius 1 is 1.07 bits per heavy atom. The summed E-state index contributed by atoms with van der Waals surface area (Å²) in [5, 5.41) is 3.92. The highest BCUT2D eigenvalue weighted by Gasteiger charge is 2.29. The van der Waals surface area contributed by atoms with Crippen LogP contribution in [0.25, 0.3) is 0 Å². The second-order valence-corrected chi connectivity index (χ2v) is 9.37. The van der Waals surface area contributed by atoms with E-state index in [1.807, 2.05) is 25.7 Å². The zero-order chi connectivity index (χ0) is 21.0. The Morgan fingerprint density at radius 2 is 1.72 bits per heavy atom. The molecular weight excluding hydrogens is 406 g/mol. The molecule has 1 N–H and O–H groups in total. The van der Waals surface area contributed by atoms with Gasteiger partial charge < -0.3 is 15.0 Å². The first-order chi connectivity index (χ1) is 13.8. The van der Waals surface area contributed by atoms with Gasteiger partial charge in [-0.2, -0.15) is 4.31 Å². The predicted molar refractivity (Wildman–Crippen MR) is 120 cm³/mol. The van der Waals surface area contributed by atoms with Crippen LogP contribution < -0.4 is 10.1 Å². The van der Waals surface area contributed by atoms with Gasteiger partial charge in [0.15, 0.2) is 5.11 Å². The van der Waals surface area contributed by atoms with Crippen LogP contribution in [0.5, 0.6) is 5.75 Å². The Kier molecular flexibility index (Phi) is 6.77. The van der Waals surface area contributed by atoms with E-state index in [4.69, 9.17) is 17.0 Å². The van der Waals surface area contributed by atoms with Crippen LogP contribution in [0.3, 0.4) is 0 Å². The highest BCUT2D eigenvalue weighted by atomic mass is 32.2. The molecule has 0 aliphatic carbocycles. The molecule has 6 nitrogen and oxygen atoms in total. The fourth-order valence-electron chi connectivity index (χ4n) is 3.22. The molecule has 1 heterocycles. The first-order valence-electron chi connectivity index (χ1n) is 9.67. The van der Waals surface area contributed by atoms with E-state index in [1.54, 1.807) is 24.3 Å². The maximum Gasteiger partial charge on any atom is 0.243 e. The van der Waals surface area contributed by atoms with Crippen molar-refractivity contribution in [2.45, 2.75) is 25.7 Å². The van der Waals surface area contributed by atoms with Gasteiger partial charge in [0.25, 0.3) is 0 Å². The van der Waals surface area contributed by atoms with E-state index in [-0.39, 0.29) is 4.90 Å². The number of rotatable bonds is 5. The van der Waals surface area contributed by atoms with Gasteiger partial charge in [-0.3, -0.25) is 0 Å². The number of hydrogen-bond acceptors (Lipinski definition) is 4. The first-order valence-corrected chi connectivity index (χ1v) is 11.5. The number of nitrogens with zero attached hydrogens (tertiary/aromatic N) is 2. The van der Waals surface area contributed by atoms with Crippen molar-refractivity contribution < 1.29 is 13.2 Å². The topological polar surface area (TPSA) is 61.9 Å². The van der Waals surface area contributed by atoms with E-state index < -0.39 is 10.0 Å². The van der Waals surface area contributed by atoms with Crippen molar-refractivity contribution in [1.29, 1.82) is 0 Å². The molecule has 2 aromatic rings. The first kappa shape index (κ1) is 21.5. The lowest BCUT2D eigenvalue weighted by atomic mass is 10.1. The van der Waals surface area contributed by atoms with Crippen molar-refractivity contribution in [3.05, 3.63) is 53.6 Å². The number of ether oxygens (including phenoxy) is 1. The Bertz CT molecular complexity index is 967. The van der Waals surface area contributed by atoms with Gasteiger partial charge >= 0.3 is 0 Å². The maximum absolute atomic E-state index is 12.9. The molecule has 1 fully saturated rings. The average molecular weight is 434 g/mol. The fraction of sp³-hybridized carbons (Fsp3) is 0.381. The monoisotopic (exact) mass is 433 g/mol. The number of thiocarbonyl (C=S) groups is 1. The van der Waals surface area contributed by atoms with Crippen LogP contribution in [0.2, 0.25) is 0 Å². The van der Waals surface area contributed by atoms with Crippen LogP contribution in [0, 0.1) is 13.8 Å². The van der Waals surface area contributed by atoms with Gasteiger partial charge in [0.05, 0.1) is 11.5 Å². The molecule has 0 amide bonds. The van der Waals surface area contributed by atoms with Gasteiger partial charge in [0.2, 0.25) is 10.0 Å². The third kappa shape index (κ3) is 5.07. The largest absolute Gasteiger partial charge is 0.494 e. The molecule has 0 bridgehead atoms. The van der Waals surface area contributed by atoms with E-state index >= 15 is 0 Å². The minimum Gasteiger partial charge on any atom is -0.494 e. The third-order valence-corrected chi connectivity index (χ3v) is 7.21. The Balaban J connectivity index is 1.61. The number of nitrogens with one attached hydrogen (secondary N) is 1. The van der Waals surface area contributed by atoms with E-state index in [1.165, 1.54) is 4.31 Å². The van der Waals surface area contributed by atoms with Crippen molar-refractivity contribution >= 4 is 33.0 Å². The van der Waals surface area contributed by atoms with Crippen LogP contribution in [-0.2, 0) is 10.0 Å². The molecule has 29 heavy (non-hydrogen) atoms. The summed E-state index contributed by atoms with van der Waals surface area (Å²) in [4.78, 5) is 2.30. The minimum absolute atomic E-state index is 0.283. The lowest BCUT2D eigenvalue weighted by Crippen LogP contribution is -2.51. The van der Waals surface area contributed by atoms with Gasteiger partial charge in [0, 0.05) is 31.9 Å². The van der Waals surface area contributed by atoms with Crippen LogP contribution in [0.1, 0.15) is 18.1 Å². The zero-order valence-electron chi connectivity index (χ0n) is 17.0. The summed E-state index contributed by atoms with van der Waals surface area (Å²) in [5.41, 5.74) is 3.27. The molecule has 3 rings (SSSR count). The summed E-state index contributed by atoms with van der Waals surface area (Å²) in [6, 6.07) is 12.8. The lowest BCUT2D eigenvalue weighted by Gasteiger charge is -2.35. The van der Waals surface area contributed by atoms with Crippen LogP contribution >= 0.6 is 12.2 Å². The molecule has 1 aliphatic rings. The molecule has 0 saturated carbocycles. The molecule has 1 aliphatic heterocycles. The summed E-state index contributed by atoms with van der Waals surface area (Å²) >= 11 is 5.56. The van der Waals surface area contributed by atoms with E-state index in [0.29, 0.717) is 43.6 Å². The van der Waals surface area contributed by atoms with Gasteiger partial charge in [-0.1, -0.05) is 12.1 Å². The highest BCUT2D eigenvalue weighted by Crippen LogP contribution is 2.22. The molecule has 0 radical (unpaired) electrons. The Labute approximate surface area is 178 Å². The quantitative estimate of drug-likeness (QED) is 0.730. The molecule has 156 valence electrons. The molecule has 1 saturated heterocycles.